The third kappa shape index (κ3) is 3.71. The van der Waals surface area contributed by atoms with Crippen molar-refractivity contribution in [3.8, 4) is 17.2 Å². The first-order chi connectivity index (χ1) is 11.5. The number of hydrogen-bond donors (Lipinski definition) is 1. The molecule has 1 aliphatic rings. The van der Waals surface area contributed by atoms with Crippen molar-refractivity contribution in [1.82, 2.24) is 15.0 Å². The molecule has 0 aliphatic carbocycles. The molecule has 24 heavy (non-hydrogen) atoms. The molecule has 8 nitrogen and oxygen atoms in total. The lowest BCUT2D eigenvalue weighted by Gasteiger charge is -2.18. The minimum Gasteiger partial charge on any atom is -0.454 e. The molecule has 0 unspecified atom stereocenters. The highest BCUT2D eigenvalue weighted by Gasteiger charge is 2.21. The fourth-order valence-corrected chi connectivity index (χ4v) is 2.32. The smallest absolute Gasteiger partial charge is 0.387 e. The molecule has 0 radical (unpaired) electrons. The number of aromatic nitrogens is 2. The number of halogens is 2. The van der Waals surface area contributed by atoms with Crippen LogP contribution < -0.4 is 19.9 Å². The van der Waals surface area contributed by atoms with Crippen LogP contribution in [0.1, 0.15) is 17.3 Å². The Bertz CT molecular complexity index is 710. The molecule has 2 heterocycles. The van der Waals surface area contributed by atoms with Gasteiger partial charge in [0.1, 0.15) is 5.75 Å². The Hall–Kier alpha value is -2.46. The van der Waals surface area contributed by atoms with E-state index in [-0.39, 0.29) is 19.1 Å². The van der Waals surface area contributed by atoms with Crippen LogP contribution in [0.15, 0.2) is 16.7 Å². The second-order valence-electron chi connectivity index (χ2n) is 5.17. The summed E-state index contributed by atoms with van der Waals surface area (Å²) in [5, 5.41) is 3.79. The van der Waals surface area contributed by atoms with Gasteiger partial charge < -0.3 is 24.5 Å². The number of nitrogens with zero attached hydrogens (tertiary/aromatic N) is 3. The summed E-state index contributed by atoms with van der Waals surface area (Å²) in [4.78, 5) is 5.92. The van der Waals surface area contributed by atoms with Gasteiger partial charge in [-0.2, -0.15) is 13.8 Å². The van der Waals surface area contributed by atoms with Gasteiger partial charge in [-0.15, -0.1) is 0 Å². The zero-order valence-corrected chi connectivity index (χ0v) is 12.9. The van der Waals surface area contributed by atoms with Crippen LogP contribution >= 0.6 is 0 Å². The van der Waals surface area contributed by atoms with Crippen LogP contribution in [0.25, 0.3) is 0 Å². The SMILES string of the molecule is CN(Cc1noc(CN)n1)Cc1cc2c(cc1OC(F)F)OCO2. The first kappa shape index (κ1) is 16.4. The van der Waals surface area contributed by atoms with Crippen LogP contribution in [0.5, 0.6) is 17.2 Å². The number of hydrogen-bond acceptors (Lipinski definition) is 8. The van der Waals surface area contributed by atoms with Gasteiger partial charge in [0, 0.05) is 18.2 Å². The molecule has 1 aromatic carbocycles. The van der Waals surface area contributed by atoms with E-state index in [1.165, 1.54) is 6.07 Å². The van der Waals surface area contributed by atoms with Gasteiger partial charge in [-0.1, -0.05) is 5.16 Å². The van der Waals surface area contributed by atoms with Crippen LogP contribution in [0, 0.1) is 0 Å². The van der Waals surface area contributed by atoms with Crippen LogP contribution in [-0.4, -0.2) is 35.5 Å². The first-order valence-electron chi connectivity index (χ1n) is 7.12. The average molecular weight is 342 g/mol. The zero-order chi connectivity index (χ0) is 17.1. The van der Waals surface area contributed by atoms with Gasteiger partial charge in [-0.3, -0.25) is 4.90 Å². The summed E-state index contributed by atoms with van der Waals surface area (Å²) in [7, 11) is 1.79. The highest BCUT2D eigenvalue weighted by Crippen LogP contribution is 2.39. The van der Waals surface area contributed by atoms with Crippen molar-refractivity contribution in [2.24, 2.45) is 5.73 Å². The number of alkyl halides is 2. The summed E-state index contributed by atoms with van der Waals surface area (Å²) in [5.41, 5.74) is 5.94. The maximum Gasteiger partial charge on any atom is 0.387 e. The van der Waals surface area contributed by atoms with Crippen molar-refractivity contribution in [3.05, 3.63) is 29.4 Å². The van der Waals surface area contributed by atoms with Gasteiger partial charge in [0.15, 0.2) is 17.3 Å². The van der Waals surface area contributed by atoms with E-state index in [0.29, 0.717) is 41.9 Å². The lowest BCUT2D eigenvalue weighted by molar-refractivity contribution is -0.0508. The van der Waals surface area contributed by atoms with Crippen LogP contribution in [0.2, 0.25) is 0 Å². The van der Waals surface area contributed by atoms with E-state index in [1.54, 1.807) is 13.1 Å². The zero-order valence-electron chi connectivity index (χ0n) is 12.9. The number of ether oxygens (including phenoxy) is 3. The molecule has 0 atom stereocenters. The molecule has 1 aliphatic heterocycles. The quantitative estimate of drug-likeness (QED) is 0.808. The highest BCUT2D eigenvalue weighted by molar-refractivity contribution is 5.51. The molecule has 3 rings (SSSR count). The minimum absolute atomic E-state index is 0.0388. The second-order valence-corrected chi connectivity index (χ2v) is 5.17. The summed E-state index contributed by atoms with van der Waals surface area (Å²) in [6, 6.07) is 3.02. The molecule has 0 saturated carbocycles. The normalized spacial score (nSPS) is 13.1. The Labute approximate surface area is 136 Å². The van der Waals surface area contributed by atoms with Gasteiger partial charge in [-0.05, 0) is 13.1 Å². The van der Waals surface area contributed by atoms with Crippen LogP contribution in [-0.2, 0) is 19.6 Å². The number of fused-ring (bicyclic) bond motifs is 1. The molecule has 0 bridgehead atoms. The third-order valence-corrected chi connectivity index (χ3v) is 3.31. The molecule has 0 saturated heterocycles. The summed E-state index contributed by atoms with van der Waals surface area (Å²) in [6.45, 7) is -2.06. The predicted molar refractivity (Wildman–Crippen MR) is 76.6 cm³/mol. The van der Waals surface area contributed by atoms with E-state index in [4.69, 9.17) is 19.7 Å². The van der Waals surface area contributed by atoms with E-state index < -0.39 is 6.61 Å². The van der Waals surface area contributed by atoms with E-state index in [9.17, 15) is 8.78 Å². The molecular weight excluding hydrogens is 326 g/mol. The summed E-state index contributed by atoms with van der Waals surface area (Å²) in [6.07, 6.45) is 0. The Morgan fingerprint density at radius 2 is 2.04 bits per heavy atom. The maximum atomic E-state index is 12.6. The predicted octanol–water partition coefficient (Wildman–Crippen LogP) is 1.49. The van der Waals surface area contributed by atoms with E-state index in [2.05, 4.69) is 14.9 Å². The van der Waals surface area contributed by atoms with Crippen molar-refractivity contribution in [2.75, 3.05) is 13.8 Å². The third-order valence-electron chi connectivity index (χ3n) is 3.31. The van der Waals surface area contributed by atoms with Gasteiger partial charge in [0.05, 0.1) is 13.1 Å². The van der Waals surface area contributed by atoms with Gasteiger partial charge in [0.2, 0.25) is 12.7 Å². The average Bonchev–Trinajstić information content (AvgIpc) is 3.15. The largest absolute Gasteiger partial charge is 0.454 e. The minimum atomic E-state index is -2.93. The van der Waals surface area contributed by atoms with Crippen molar-refractivity contribution < 1.29 is 27.5 Å². The number of nitrogens with two attached hydrogens (primary N) is 1. The Morgan fingerprint density at radius 3 is 2.71 bits per heavy atom. The van der Waals surface area contributed by atoms with Crippen molar-refractivity contribution >= 4 is 0 Å². The standard InChI is InChI=1S/C14H16F2N4O4/c1-20(6-12-18-13(4-17)24-19-12)5-8-2-10-11(22-7-21-10)3-9(8)23-14(15)16/h2-3,14H,4-7,17H2,1H3. The highest BCUT2D eigenvalue weighted by atomic mass is 19.3. The molecule has 0 spiro atoms. The van der Waals surface area contributed by atoms with Gasteiger partial charge >= 0.3 is 6.61 Å². The molecule has 130 valence electrons. The fraction of sp³-hybridized carbons (Fsp3) is 0.429. The van der Waals surface area contributed by atoms with Crippen LogP contribution in [0.3, 0.4) is 0 Å². The molecule has 0 amide bonds. The molecular formula is C14H16F2N4O4. The van der Waals surface area contributed by atoms with E-state index in [0.717, 1.165) is 0 Å². The lowest BCUT2D eigenvalue weighted by atomic mass is 10.1. The fourth-order valence-electron chi connectivity index (χ4n) is 2.32. The second kappa shape index (κ2) is 6.97. The lowest BCUT2D eigenvalue weighted by Crippen LogP contribution is -2.19. The summed E-state index contributed by atoms with van der Waals surface area (Å²) in [5.74, 6) is 1.70. The van der Waals surface area contributed by atoms with E-state index in [1.807, 2.05) is 4.90 Å². The van der Waals surface area contributed by atoms with Gasteiger partial charge in [0.25, 0.3) is 0 Å². The summed E-state index contributed by atoms with van der Waals surface area (Å²) >= 11 is 0. The van der Waals surface area contributed by atoms with Gasteiger partial charge in [-0.25, -0.2) is 0 Å². The van der Waals surface area contributed by atoms with Crippen molar-refractivity contribution in [1.29, 1.82) is 0 Å². The van der Waals surface area contributed by atoms with Crippen molar-refractivity contribution in [2.45, 2.75) is 26.2 Å². The first-order valence-corrected chi connectivity index (χ1v) is 7.12. The summed E-state index contributed by atoms with van der Waals surface area (Å²) < 4.78 is 45.2. The topological polar surface area (TPSA) is 95.9 Å². The molecule has 2 aromatic rings. The molecule has 2 N–H and O–H groups in total. The monoisotopic (exact) mass is 342 g/mol. The Morgan fingerprint density at radius 1 is 1.29 bits per heavy atom. The maximum absolute atomic E-state index is 12.6. The van der Waals surface area contributed by atoms with E-state index >= 15 is 0 Å². The van der Waals surface area contributed by atoms with Crippen LogP contribution in [0.4, 0.5) is 8.78 Å². The Kier molecular flexibility index (Phi) is 4.76. The molecule has 10 heteroatoms. The number of benzene rings is 1. The Balaban J connectivity index is 1.75. The number of rotatable bonds is 7. The molecule has 1 aromatic heterocycles. The van der Waals surface area contributed by atoms with Crippen molar-refractivity contribution in [3.63, 3.8) is 0 Å². The molecule has 0 fully saturated rings.